The Bertz CT molecular complexity index is 1230. The summed E-state index contributed by atoms with van der Waals surface area (Å²) in [4.78, 5) is 23.7. The van der Waals surface area contributed by atoms with Gasteiger partial charge in [0.25, 0.3) is 0 Å². The maximum absolute atomic E-state index is 12.8. The number of ether oxygens (including phenoxy) is 4. The first-order valence-corrected chi connectivity index (χ1v) is 10.4. The molecule has 0 saturated heterocycles. The van der Waals surface area contributed by atoms with Gasteiger partial charge in [0.1, 0.15) is 23.9 Å². The molecule has 0 aliphatic rings. The Morgan fingerprint density at radius 3 is 2.29 bits per heavy atom. The van der Waals surface area contributed by atoms with Gasteiger partial charge in [-0.3, -0.25) is 14.9 Å². The van der Waals surface area contributed by atoms with Crippen LogP contribution in [0.1, 0.15) is 27.0 Å². The lowest BCUT2D eigenvalue weighted by Gasteiger charge is -2.12. The van der Waals surface area contributed by atoms with E-state index in [9.17, 15) is 14.9 Å². The fourth-order valence-electron chi connectivity index (χ4n) is 3.33. The maximum Gasteiger partial charge on any atom is 0.311 e. The van der Waals surface area contributed by atoms with Crippen LogP contribution >= 0.6 is 0 Å². The number of carbonyl (C=O) groups is 1. The van der Waals surface area contributed by atoms with Crippen LogP contribution in [-0.2, 0) is 6.61 Å². The second-order valence-electron chi connectivity index (χ2n) is 7.35. The van der Waals surface area contributed by atoms with Crippen LogP contribution in [0.3, 0.4) is 0 Å². The number of nitro groups is 1. The fraction of sp³-hybridized carbons (Fsp3) is 0.192. The van der Waals surface area contributed by atoms with E-state index in [-0.39, 0.29) is 23.8 Å². The van der Waals surface area contributed by atoms with Crippen molar-refractivity contribution in [1.29, 1.82) is 0 Å². The van der Waals surface area contributed by atoms with E-state index in [1.807, 2.05) is 0 Å². The molecule has 0 unspecified atom stereocenters. The molecule has 0 bridgehead atoms. The third kappa shape index (κ3) is 5.72. The first kappa shape index (κ1) is 24.3. The Morgan fingerprint density at radius 2 is 1.62 bits per heavy atom. The number of nitrogens with zero attached hydrogens (tertiary/aromatic N) is 1. The summed E-state index contributed by atoms with van der Waals surface area (Å²) in [5.41, 5.74) is 2.44. The number of carbonyl (C=O) groups excluding carboxylic acids is 1. The second kappa shape index (κ2) is 11.0. The van der Waals surface area contributed by atoms with E-state index in [2.05, 4.69) is 0 Å². The molecule has 0 aromatic heterocycles. The topological polar surface area (TPSA) is 97.1 Å². The molecular formula is C26H25NO7. The van der Waals surface area contributed by atoms with E-state index in [1.165, 1.54) is 33.5 Å². The van der Waals surface area contributed by atoms with Crippen LogP contribution in [-0.4, -0.2) is 32.0 Å². The van der Waals surface area contributed by atoms with Crippen molar-refractivity contribution >= 4 is 17.5 Å². The van der Waals surface area contributed by atoms with E-state index < -0.39 is 4.92 Å². The first-order valence-electron chi connectivity index (χ1n) is 10.4. The number of methoxy groups -OCH3 is 3. The predicted octanol–water partition coefficient (Wildman–Crippen LogP) is 5.40. The Hall–Kier alpha value is -4.33. The van der Waals surface area contributed by atoms with E-state index in [4.69, 9.17) is 18.9 Å². The number of nitro benzene ring substituents is 1. The van der Waals surface area contributed by atoms with Crippen LogP contribution in [0, 0.1) is 17.0 Å². The van der Waals surface area contributed by atoms with Crippen LogP contribution in [0.2, 0.25) is 0 Å². The number of hydrogen-bond acceptors (Lipinski definition) is 7. The lowest BCUT2D eigenvalue weighted by molar-refractivity contribution is -0.386. The molecule has 0 spiro atoms. The highest BCUT2D eigenvalue weighted by Gasteiger charge is 2.16. The first-order chi connectivity index (χ1) is 16.4. The summed E-state index contributed by atoms with van der Waals surface area (Å²) in [7, 11) is 4.55. The van der Waals surface area contributed by atoms with Gasteiger partial charge in [-0.25, -0.2) is 0 Å². The van der Waals surface area contributed by atoms with Crippen molar-refractivity contribution in [2.24, 2.45) is 0 Å². The number of aryl methyl sites for hydroxylation is 1. The molecule has 0 atom stereocenters. The van der Waals surface area contributed by atoms with Gasteiger partial charge in [-0.05, 0) is 60.5 Å². The number of rotatable bonds is 10. The number of allylic oxidation sites excluding steroid dienone is 1. The van der Waals surface area contributed by atoms with Gasteiger partial charge < -0.3 is 18.9 Å². The van der Waals surface area contributed by atoms with E-state index in [0.29, 0.717) is 28.4 Å². The van der Waals surface area contributed by atoms with Gasteiger partial charge in [0.2, 0.25) is 0 Å². The molecule has 0 heterocycles. The second-order valence-corrected chi connectivity index (χ2v) is 7.35. The molecule has 0 aliphatic carbocycles. The van der Waals surface area contributed by atoms with Crippen LogP contribution < -0.4 is 18.9 Å². The fourth-order valence-corrected chi connectivity index (χ4v) is 3.33. The Labute approximate surface area is 197 Å². The quantitative estimate of drug-likeness (QED) is 0.172. The molecule has 8 nitrogen and oxygen atoms in total. The smallest absolute Gasteiger partial charge is 0.311 e. The molecule has 3 rings (SSSR count). The molecule has 0 radical (unpaired) electrons. The zero-order valence-electron chi connectivity index (χ0n) is 19.4. The van der Waals surface area contributed by atoms with Crippen LogP contribution in [0.5, 0.6) is 23.0 Å². The van der Waals surface area contributed by atoms with Crippen LogP contribution in [0.25, 0.3) is 6.08 Å². The van der Waals surface area contributed by atoms with Gasteiger partial charge >= 0.3 is 5.69 Å². The van der Waals surface area contributed by atoms with Crippen molar-refractivity contribution in [2.75, 3.05) is 21.3 Å². The summed E-state index contributed by atoms with van der Waals surface area (Å²) in [6.07, 6.45) is 3.10. The lowest BCUT2D eigenvalue weighted by Crippen LogP contribution is -2.02. The maximum atomic E-state index is 12.8. The van der Waals surface area contributed by atoms with Gasteiger partial charge in [0.15, 0.2) is 11.5 Å². The summed E-state index contributed by atoms with van der Waals surface area (Å²) in [5, 5.41) is 11.4. The van der Waals surface area contributed by atoms with Crippen molar-refractivity contribution in [3.63, 3.8) is 0 Å². The highest BCUT2D eigenvalue weighted by molar-refractivity contribution is 6.08. The van der Waals surface area contributed by atoms with Crippen molar-refractivity contribution in [3.05, 3.63) is 93.0 Å². The molecule has 0 amide bonds. The van der Waals surface area contributed by atoms with Gasteiger partial charge in [-0.1, -0.05) is 18.2 Å². The Morgan fingerprint density at radius 1 is 0.912 bits per heavy atom. The number of benzene rings is 3. The molecule has 0 N–H and O–H groups in total. The Balaban J connectivity index is 1.83. The molecular weight excluding hydrogens is 438 g/mol. The molecule has 0 saturated carbocycles. The average Bonchev–Trinajstić information content (AvgIpc) is 2.85. The van der Waals surface area contributed by atoms with Crippen molar-refractivity contribution in [3.8, 4) is 23.0 Å². The normalized spacial score (nSPS) is 10.7. The average molecular weight is 463 g/mol. The van der Waals surface area contributed by atoms with Crippen molar-refractivity contribution in [2.45, 2.75) is 13.5 Å². The molecule has 0 aliphatic heterocycles. The van der Waals surface area contributed by atoms with Gasteiger partial charge in [-0.15, -0.1) is 0 Å². The van der Waals surface area contributed by atoms with Crippen LogP contribution in [0.4, 0.5) is 5.69 Å². The van der Waals surface area contributed by atoms with Crippen LogP contribution in [0.15, 0.2) is 60.7 Å². The number of ketones is 1. The van der Waals surface area contributed by atoms with Crippen molar-refractivity contribution < 1.29 is 28.7 Å². The van der Waals surface area contributed by atoms with Gasteiger partial charge in [0, 0.05) is 11.6 Å². The van der Waals surface area contributed by atoms with Gasteiger partial charge in [-0.2, -0.15) is 0 Å². The minimum atomic E-state index is -0.475. The highest BCUT2D eigenvalue weighted by atomic mass is 16.6. The zero-order valence-corrected chi connectivity index (χ0v) is 19.4. The Kier molecular flexibility index (Phi) is 7.87. The molecule has 3 aromatic carbocycles. The monoisotopic (exact) mass is 463 g/mol. The minimum absolute atomic E-state index is 0.0480. The summed E-state index contributed by atoms with van der Waals surface area (Å²) < 4.78 is 21.6. The van der Waals surface area contributed by atoms with Crippen molar-refractivity contribution in [1.82, 2.24) is 0 Å². The molecule has 34 heavy (non-hydrogen) atoms. The van der Waals surface area contributed by atoms with E-state index in [0.717, 1.165) is 11.1 Å². The van der Waals surface area contributed by atoms with E-state index >= 15 is 0 Å². The third-order valence-corrected chi connectivity index (χ3v) is 5.10. The lowest BCUT2D eigenvalue weighted by atomic mass is 10.1. The number of hydrogen-bond donors (Lipinski definition) is 0. The zero-order chi connectivity index (χ0) is 24.7. The molecule has 176 valence electrons. The SMILES string of the molecule is COc1ccc(OC)c(C(=O)/C=C/c2ccc(OC)c(COc3ccc(C)cc3[N+](=O)[O-])c2)c1. The van der Waals surface area contributed by atoms with Gasteiger partial charge in [0.05, 0.1) is 31.8 Å². The summed E-state index contributed by atoms with van der Waals surface area (Å²) in [6, 6.07) is 15.1. The molecule has 8 heteroatoms. The summed E-state index contributed by atoms with van der Waals surface area (Å²) in [5.74, 6) is 1.47. The largest absolute Gasteiger partial charge is 0.497 e. The summed E-state index contributed by atoms with van der Waals surface area (Å²) in [6.45, 7) is 1.82. The molecule has 3 aromatic rings. The van der Waals surface area contributed by atoms with E-state index in [1.54, 1.807) is 61.5 Å². The standard InChI is InChI=1S/C26H25NO7/c1-17-5-10-26(22(13-17)27(29)30)34-16-19-14-18(7-11-24(19)32-3)6-9-23(28)21-15-20(31-2)8-12-25(21)33-4/h5-15H,16H2,1-4H3/b9-6+. The highest BCUT2D eigenvalue weighted by Crippen LogP contribution is 2.30. The minimum Gasteiger partial charge on any atom is -0.497 e. The predicted molar refractivity (Wildman–Crippen MR) is 128 cm³/mol. The summed E-state index contributed by atoms with van der Waals surface area (Å²) >= 11 is 0. The third-order valence-electron chi connectivity index (χ3n) is 5.10. The molecule has 0 fully saturated rings.